The Labute approximate surface area is 81.4 Å². The van der Waals surface area contributed by atoms with Crippen LogP contribution in [-0.4, -0.2) is 44.7 Å². The molecule has 0 saturated carbocycles. The van der Waals surface area contributed by atoms with Gasteiger partial charge in [0.2, 0.25) is 10.0 Å². The van der Waals surface area contributed by atoms with Gasteiger partial charge >= 0.3 is 0 Å². The number of rotatable bonds is 6. The summed E-state index contributed by atoms with van der Waals surface area (Å²) in [5, 5.41) is 2.68. The average molecular weight is 208 g/mol. The molecular weight excluding hydrogens is 188 g/mol. The first-order valence-corrected chi connectivity index (χ1v) is 6.13. The molecule has 0 bridgehead atoms. The summed E-state index contributed by atoms with van der Waals surface area (Å²) >= 11 is 0. The van der Waals surface area contributed by atoms with E-state index in [-0.39, 0.29) is 5.25 Å². The Morgan fingerprint density at radius 2 is 1.92 bits per heavy atom. The molecule has 0 fully saturated rings. The molecule has 80 valence electrons. The van der Waals surface area contributed by atoms with Crippen molar-refractivity contribution >= 4 is 10.0 Å². The first-order chi connectivity index (χ1) is 5.96. The molecule has 1 N–H and O–H groups in total. The van der Waals surface area contributed by atoms with Crippen molar-refractivity contribution in [3.8, 4) is 0 Å². The van der Waals surface area contributed by atoms with E-state index in [4.69, 9.17) is 0 Å². The third-order valence-corrected chi connectivity index (χ3v) is 4.38. The number of hydrogen-bond donors (Lipinski definition) is 1. The monoisotopic (exact) mass is 208 g/mol. The second kappa shape index (κ2) is 5.57. The standard InChI is InChI=1S/C8H20N2O2S/c1-5-9-7-8(3)13(11,12)10(4)6-2/h8-9H,5-7H2,1-4H3. The third-order valence-electron chi connectivity index (χ3n) is 2.07. The molecule has 0 aromatic carbocycles. The summed E-state index contributed by atoms with van der Waals surface area (Å²) in [5.41, 5.74) is 0. The fourth-order valence-electron chi connectivity index (χ4n) is 0.940. The average Bonchev–Trinajstić information content (AvgIpc) is 2.12. The Hall–Kier alpha value is -0.130. The van der Waals surface area contributed by atoms with Crippen LogP contribution in [0.3, 0.4) is 0 Å². The molecule has 0 aliphatic heterocycles. The Bertz CT molecular complexity index is 226. The lowest BCUT2D eigenvalue weighted by atomic mass is 10.5. The molecule has 0 aliphatic carbocycles. The minimum absolute atomic E-state index is 0.350. The summed E-state index contributed by atoms with van der Waals surface area (Å²) < 4.78 is 24.7. The molecule has 0 aromatic rings. The topological polar surface area (TPSA) is 49.4 Å². The molecule has 1 unspecified atom stereocenters. The van der Waals surface area contributed by atoms with Crippen LogP contribution in [-0.2, 0) is 10.0 Å². The van der Waals surface area contributed by atoms with Gasteiger partial charge in [0.05, 0.1) is 5.25 Å². The van der Waals surface area contributed by atoms with Gasteiger partial charge in [0.15, 0.2) is 0 Å². The van der Waals surface area contributed by atoms with Gasteiger partial charge in [-0.25, -0.2) is 12.7 Å². The number of hydrogen-bond acceptors (Lipinski definition) is 3. The molecule has 0 aromatic heterocycles. The van der Waals surface area contributed by atoms with Crippen LogP contribution in [0.4, 0.5) is 0 Å². The minimum Gasteiger partial charge on any atom is -0.316 e. The van der Waals surface area contributed by atoms with Crippen molar-refractivity contribution < 1.29 is 8.42 Å². The van der Waals surface area contributed by atoms with Gasteiger partial charge in [0, 0.05) is 20.1 Å². The van der Waals surface area contributed by atoms with E-state index < -0.39 is 10.0 Å². The summed E-state index contributed by atoms with van der Waals surface area (Å²) in [6.45, 7) is 7.36. The van der Waals surface area contributed by atoms with Crippen molar-refractivity contribution in [2.75, 3.05) is 26.7 Å². The van der Waals surface area contributed by atoms with Gasteiger partial charge in [0.25, 0.3) is 0 Å². The highest BCUT2D eigenvalue weighted by Crippen LogP contribution is 2.04. The Morgan fingerprint density at radius 1 is 1.38 bits per heavy atom. The molecule has 0 aliphatic rings. The minimum atomic E-state index is -3.09. The lowest BCUT2D eigenvalue weighted by Crippen LogP contribution is -2.39. The second-order valence-electron chi connectivity index (χ2n) is 3.08. The van der Waals surface area contributed by atoms with Crippen LogP contribution < -0.4 is 5.32 Å². The maximum Gasteiger partial charge on any atom is 0.217 e. The quantitative estimate of drug-likeness (QED) is 0.681. The fourth-order valence-corrected chi connectivity index (χ4v) is 2.24. The van der Waals surface area contributed by atoms with Crippen molar-refractivity contribution in [1.82, 2.24) is 9.62 Å². The highest BCUT2D eigenvalue weighted by molar-refractivity contribution is 7.89. The van der Waals surface area contributed by atoms with E-state index in [2.05, 4.69) is 5.32 Å². The van der Waals surface area contributed by atoms with Gasteiger partial charge < -0.3 is 5.32 Å². The maximum atomic E-state index is 11.7. The fraction of sp³-hybridized carbons (Fsp3) is 1.00. The third kappa shape index (κ3) is 3.62. The van der Waals surface area contributed by atoms with Crippen LogP contribution in [0.25, 0.3) is 0 Å². The van der Waals surface area contributed by atoms with Gasteiger partial charge in [-0.05, 0) is 13.5 Å². The van der Waals surface area contributed by atoms with E-state index in [9.17, 15) is 8.42 Å². The summed E-state index contributed by atoms with van der Waals surface area (Å²) in [6, 6.07) is 0. The molecule has 0 spiro atoms. The number of nitrogens with zero attached hydrogens (tertiary/aromatic N) is 1. The summed E-state index contributed by atoms with van der Waals surface area (Å²) in [4.78, 5) is 0. The van der Waals surface area contributed by atoms with Crippen LogP contribution in [0.15, 0.2) is 0 Å². The van der Waals surface area contributed by atoms with Crippen LogP contribution >= 0.6 is 0 Å². The van der Waals surface area contributed by atoms with Crippen molar-refractivity contribution in [3.05, 3.63) is 0 Å². The molecule has 0 heterocycles. The van der Waals surface area contributed by atoms with E-state index in [0.29, 0.717) is 13.1 Å². The first kappa shape index (κ1) is 12.9. The molecular formula is C8H20N2O2S. The van der Waals surface area contributed by atoms with Crippen molar-refractivity contribution in [2.45, 2.75) is 26.0 Å². The summed E-state index contributed by atoms with van der Waals surface area (Å²) in [7, 11) is -1.48. The SMILES string of the molecule is CCNCC(C)S(=O)(=O)N(C)CC. The molecule has 13 heavy (non-hydrogen) atoms. The van der Waals surface area contributed by atoms with E-state index >= 15 is 0 Å². The zero-order valence-electron chi connectivity index (χ0n) is 8.87. The van der Waals surface area contributed by atoms with E-state index in [0.717, 1.165) is 6.54 Å². The Morgan fingerprint density at radius 3 is 2.31 bits per heavy atom. The van der Waals surface area contributed by atoms with Crippen LogP contribution in [0.5, 0.6) is 0 Å². The first-order valence-electron chi connectivity index (χ1n) is 4.62. The largest absolute Gasteiger partial charge is 0.316 e. The number of sulfonamides is 1. The smallest absolute Gasteiger partial charge is 0.217 e. The van der Waals surface area contributed by atoms with Crippen LogP contribution in [0.1, 0.15) is 20.8 Å². The highest BCUT2D eigenvalue weighted by Gasteiger charge is 2.23. The van der Waals surface area contributed by atoms with Crippen LogP contribution in [0.2, 0.25) is 0 Å². The normalized spacial score (nSPS) is 14.8. The van der Waals surface area contributed by atoms with Gasteiger partial charge in [-0.2, -0.15) is 0 Å². The molecule has 1 atom stereocenters. The Balaban J connectivity index is 4.28. The van der Waals surface area contributed by atoms with E-state index in [1.807, 2.05) is 13.8 Å². The highest BCUT2D eigenvalue weighted by atomic mass is 32.2. The van der Waals surface area contributed by atoms with Crippen molar-refractivity contribution in [2.24, 2.45) is 0 Å². The maximum absolute atomic E-state index is 11.7. The van der Waals surface area contributed by atoms with E-state index in [1.54, 1.807) is 14.0 Å². The van der Waals surface area contributed by atoms with Gasteiger partial charge in [-0.3, -0.25) is 0 Å². The summed E-state index contributed by atoms with van der Waals surface area (Å²) in [5.74, 6) is 0. The van der Waals surface area contributed by atoms with Crippen molar-refractivity contribution in [3.63, 3.8) is 0 Å². The van der Waals surface area contributed by atoms with Crippen molar-refractivity contribution in [1.29, 1.82) is 0 Å². The lowest BCUT2D eigenvalue weighted by molar-refractivity contribution is 0.472. The zero-order valence-corrected chi connectivity index (χ0v) is 9.69. The molecule has 0 rings (SSSR count). The zero-order chi connectivity index (χ0) is 10.5. The van der Waals surface area contributed by atoms with E-state index in [1.165, 1.54) is 4.31 Å². The van der Waals surface area contributed by atoms with Gasteiger partial charge in [0.1, 0.15) is 0 Å². The Kier molecular flexibility index (Phi) is 5.51. The molecule has 0 saturated heterocycles. The molecule has 5 heteroatoms. The predicted molar refractivity (Wildman–Crippen MR) is 55.2 cm³/mol. The molecule has 4 nitrogen and oxygen atoms in total. The van der Waals surface area contributed by atoms with Gasteiger partial charge in [-0.15, -0.1) is 0 Å². The molecule has 0 amide bonds. The number of nitrogens with one attached hydrogen (secondary N) is 1. The van der Waals surface area contributed by atoms with Crippen LogP contribution in [0, 0.1) is 0 Å². The predicted octanol–water partition coefficient (Wildman–Crippen LogP) is 0.266. The lowest BCUT2D eigenvalue weighted by Gasteiger charge is -2.20. The second-order valence-corrected chi connectivity index (χ2v) is 5.54. The van der Waals surface area contributed by atoms with Gasteiger partial charge in [-0.1, -0.05) is 13.8 Å². The molecule has 0 radical (unpaired) electrons. The summed E-state index contributed by atoms with van der Waals surface area (Å²) in [6.07, 6.45) is 0.